The standard InChI is InChI=1S/C16H28N2O.ClH/c1-15(2,9-17)14(19)18-10-16-6-11-3-12(7-16)5-13(4-11)8-16;/h11-13H,3-10,17H2,1-2H3,(H,18,19);1H. The summed E-state index contributed by atoms with van der Waals surface area (Å²) in [5.74, 6) is 2.98. The molecule has 0 aromatic heterocycles. The third kappa shape index (κ3) is 2.85. The molecule has 3 N–H and O–H groups in total. The van der Waals surface area contributed by atoms with Crippen LogP contribution >= 0.6 is 12.4 Å². The lowest BCUT2D eigenvalue weighted by molar-refractivity contribution is -0.131. The van der Waals surface area contributed by atoms with E-state index in [2.05, 4.69) is 5.32 Å². The van der Waals surface area contributed by atoms with Gasteiger partial charge in [-0.3, -0.25) is 4.79 Å². The van der Waals surface area contributed by atoms with Crippen molar-refractivity contribution in [2.45, 2.75) is 52.4 Å². The molecule has 4 fully saturated rings. The van der Waals surface area contributed by atoms with E-state index in [1.807, 2.05) is 13.8 Å². The molecular weight excluding hydrogens is 272 g/mol. The number of hydrogen-bond acceptors (Lipinski definition) is 2. The van der Waals surface area contributed by atoms with Gasteiger partial charge in [-0.25, -0.2) is 0 Å². The van der Waals surface area contributed by atoms with E-state index in [9.17, 15) is 4.79 Å². The van der Waals surface area contributed by atoms with Crippen molar-refractivity contribution >= 4 is 18.3 Å². The van der Waals surface area contributed by atoms with Crippen LogP contribution in [0.3, 0.4) is 0 Å². The molecule has 0 aromatic carbocycles. The van der Waals surface area contributed by atoms with E-state index in [-0.39, 0.29) is 18.3 Å². The lowest BCUT2D eigenvalue weighted by Crippen LogP contribution is -2.53. The van der Waals surface area contributed by atoms with Crippen molar-refractivity contribution in [3.8, 4) is 0 Å². The first-order valence-electron chi connectivity index (χ1n) is 7.91. The van der Waals surface area contributed by atoms with Crippen molar-refractivity contribution in [3.63, 3.8) is 0 Å². The van der Waals surface area contributed by atoms with E-state index in [1.165, 1.54) is 38.5 Å². The molecule has 0 atom stereocenters. The number of nitrogens with one attached hydrogen (secondary N) is 1. The third-order valence-corrected chi connectivity index (χ3v) is 5.91. The van der Waals surface area contributed by atoms with Crippen molar-refractivity contribution in [2.75, 3.05) is 13.1 Å². The fourth-order valence-corrected chi connectivity index (χ4v) is 5.11. The second-order valence-corrected chi connectivity index (χ2v) is 8.19. The van der Waals surface area contributed by atoms with Gasteiger partial charge < -0.3 is 11.1 Å². The van der Waals surface area contributed by atoms with Crippen molar-refractivity contribution in [3.05, 3.63) is 0 Å². The van der Waals surface area contributed by atoms with E-state index < -0.39 is 5.41 Å². The Balaban J connectivity index is 0.00000147. The Labute approximate surface area is 128 Å². The Morgan fingerprint density at radius 3 is 2.00 bits per heavy atom. The quantitative estimate of drug-likeness (QED) is 0.839. The highest BCUT2D eigenvalue weighted by molar-refractivity contribution is 5.85. The van der Waals surface area contributed by atoms with Crippen molar-refractivity contribution in [1.82, 2.24) is 5.32 Å². The molecule has 1 amide bonds. The highest BCUT2D eigenvalue weighted by Crippen LogP contribution is 2.59. The summed E-state index contributed by atoms with van der Waals surface area (Å²) in [5, 5.41) is 3.21. The van der Waals surface area contributed by atoms with Crippen LogP contribution in [0.1, 0.15) is 52.4 Å². The molecule has 0 spiro atoms. The van der Waals surface area contributed by atoms with Gasteiger partial charge in [0.25, 0.3) is 0 Å². The lowest BCUT2D eigenvalue weighted by Gasteiger charge is -2.57. The molecule has 0 radical (unpaired) electrons. The van der Waals surface area contributed by atoms with Crippen LogP contribution in [0.2, 0.25) is 0 Å². The van der Waals surface area contributed by atoms with Gasteiger partial charge in [0.15, 0.2) is 0 Å². The van der Waals surface area contributed by atoms with E-state index in [0.29, 0.717) is 12.0 Å². The van der Waals surface area contributed by atoms with Crippen LogP contribution in [0.5, 0.6) is 0 Å². The number of nitrogens with two attached hydrogens (primary N) is 1. The van der Waals surface area contributed by atoms with E-state index in [0.717, 1.165) is 24.3 Å². The van der Waals surface area contributed by atoms with Crippen LogP contribution < -0.4 is 11.1 Å². The van der Waals surface area contributed by atoms with Crippen LogP contribution in [-0.4, -0.2) is 19.0 Å². The molecule has 116 valence electrons. The van der Waals surface area contributed by atoms with E-state index in [4.69, 9.17) is 5.73 Å². The molecule has 0 saturated heterocycles. The first-order valence-corrected chi connectivity index (χ1v) is 7.91. The second kappa shape index (κ2) is 5.49. The predicted molar refractivity (Wildman–Crippen MR) is 83.7 cm³/mol. The molecule has 0 aromatic rings. The molecule has 3 nitrogen and oxygen atoms in total. The maximum Gasteiger partial charge on any atom is 0.226 e. The zero-order valence-electron chi connectivity index (χ0n) is 12.8. The first-order chi connectivity index (χ1) is 8.92. The Morgan fingerprint density at radius 1 is 1.15 bits per heavy atom. The van der Waals surface area contributed by atoms with Crippen molar-refractivity contribution < 1.29 is 4.79 Å². The van der Waals surface area contributed by atoms with Crippen LogP contribution in [-0.2, 0) is 4.79 Å². The maximum absolute atomic E-state index is 12.2. The topological polar surface area (TPSA) is 55.1 Å². The number of amides is 1. The number of halogens is 1. The summed E-state index contributed by atoms with van der Waals surface area (Å²) >= 11 is 0. The fourth-order valence-electron chi connectivity index (χ4n) is 5.11. The first kappa shape index (κ1) is 16.1. The van der Waals surface area contributed by atoms with Gasteiger partial charge in [-0.1, -0.05) is 0 Å². The normalized spacial score (nSPS) is 38.5. The molecule has 4 bridgehead atoms. The Hall–Kier alpha value is -0.280. The van der Waals surface area contributed by atoms with Gasteiger partial charge in [0.2, 0.25) is 5.91 Å². The molecule has 0 aliphatic heterocycles. The molecule has 4 rings (SSSR count). The van der Waals surface area contributed by atoms with Crippen molar-refractivity contribution in [1.29, 1.82) is 0 Å². The summed E-state index contributed by atoms with van der Waals surface area (Å²) in [6, 6.07) is 0. The summed E-state index contributed by atoms with van der Waals surface area (Å²) in [6.07, 6.45) is 8.43. The molecule has 20 heavy (non-hydrogen) atoms. The lowest BCUT2D eigenvalue weighted by atomic mass is 9.49. The number of rotatable bonds is 4. The third-order valence-electron chi connectivity index (χ3n) is 5.91. The largest absolute Gasteiger partial charge is 0.355 e. The smallest absolute Gasteiger partial charge is 0.226 e. The minimum Gasteiger partial charge on any atom is -0.355 e. The van der Waals surface area contributed by atoms with Gasteiger partial charge in [0.1, 0.15) is 0 Å². The maximum atomic E-state index is 12.2. The molecule has 4 aliphatic rings. The van der Waals surface area contributed by atoms with Crippen LogP contribution in [0.4, 0.5) is 0 Å². The van der Waals surface area contributed by atoms with E-state index in [1.54, 1.807) is 0 Å². The minimum atomic E-state index is -0.428. The van der Waals surface area contributed by atoms with Crippen LogP contribution in [0, 0.1) is 28.6 Å². The SMILES string of the molecule is CC(C)(CN)C(=O)NCC12CC3CC(CC(C3)C1)C2.Cl. The molecule has 4 aliphatic carbocycles. The van der Waals surface area contributed by atoms with Gasteiger partial charge in [-0.2, -0.15) is 0 Å². The second-order valence-electron chi connectivity index (χ2n) is 8.19. The van der Waals surface area contributed by atoms with Gasteiger partial charge in [-0.15, -0.1) is 12.4 Å². The summed E-state index contributed by atoms with van der Waals surface area (Å²) in [6.45, 7) is 5.17. The van der Waals surface area contributed by atoms with E-state index >= 15 is 0 Å². The fraction of sp³-hybridized carbons (Fsp3) is 0.938. The van der Waals surface area contributed by atoms with Gasteiger partial charge in [0, 0.05) is 13.1 Å². The summed E-state index contributed by atoms with van der Waals surface area (Å²) < 4.78 is 0. The van der Waals surface area contributed by atoms with Gasteiger partial charge >= 0.3 is 0 Å². The van der Waals surface area contributed by atoms with Gasteiger partial charge in [-0.05, 0) is 75.5 Å². The summed E-state index contributed by atoms with van der Waals surface area (Å²) in [4.78, 5) is 12.2. The van der Waals surface area contributed by atoms with Crippen LogP contribution in [0.15, 0.2) is 0 Å². The monoisotopic (exact) mass is 300 g/mol. The highest BCUT2D eigenvalue weighted by atomic mass is 35.5. The zero-order valence-corrected chi connectivity index (χ0v) is 13.6. The van der Waals surface area contributed by atoms with Crippen molar-refractivity contribution in [2.24, 2.45) is 34.3 Å². The van der Waals surface area contributed by atoms with Crippen LogP contribution in [0.25, 0.3) is 0 Å². The number of carbonyl (C=O) groups excluding carboxylic acids is 1. The average molecular weight is 301 g/mol. The molecular formula is C16H29ClN2O. The molecule has 4 heteroatoms. The average Bonchev–Trinajstić information content (AvgIpc) is 2.34. The zero-order chi connectivity index (χ0) is 13.7. The molecule has 0 unspecified atom stereocenters. The summed E-state index contributed by atoms with van der Waals surface area (Å²) in [7, 11) is 0. The summed E-state index contributed by atoms with van der Waals surface area (Å²) in [5.41, 5.74) is 5.68. The number of carbonyl (C=O) groups is 1. The Kier molecular flexibility index (Phi) is 4.42. The predicted octanol–water partition coefficient (Wildman–Crippen LogP) is 2.73. The minimum absolute atomic E-state index is 0. The Morgan fingerprint density at radius 2 is 1.60 bits per heavy atom. The molecule has 0 heterocycles. The molecule has 4 saturated carbocycles. The Bertz CT molecular complexity index is 345. The highest BCUT2D eigenvalue weighted by Gasteiger charge is 2.50. The van der Waals surface area contributed by atoms with Gasteiger partial charge in [0.05, 0.1) is 5.41 Å². The number of hydrogen-bond donors (Lipinski definition) is 2.